The second-order valence-corrected chi connectivity index (χ2v) is 5.63. The fourth-order valence-electron chi connectivity index (χ4n) is 3.37. The molecule has 2 saturated carbocycles. The van der Waals surface area contributed by atoms with E-state index in [0.717, 1.165) is 32.1 Å². The highest BCUT2D eigenvalue weighted by Gasteiger charge is 2.39. The van der Waals surface area contributed by atoms with Gasteiger partial charge in [-0.15, -0.1) is 0 Å². The van der Waals surface area contributed by atoms with Crippen molar-refractivity contribution in [1.29, 1.82) is 0 Å². The van der Waals surface area contributed by atoms with Crippen LogP contribution in [0, 0.1) is 11.8 Å². The molecule has 2 aliphatic carbocycles. The van der Waals surface area contributed by atoms with E-state index in [2.05, 4.69) is 12.1 Å². The van der Waals surface area contributed by atoms with Crippen molar-refractivity contribution in [2.24, 2.45) is 11.8 Å². The van der Waals surface area contributed by atoms with Gasteiger partial charge < -0.3 is 4.74 Å². The fourth-order valence-corrected chi connectivity index (χ4v) is 3.37. The van der Waals surface area contributed by atoms with E-state index in [4.69, 9.17) is 4.74 Å². The molecule has 3 atom stereocenters. The zero-order chi connectivity index (χ0) is 12.4. The summed E-state index contributed by atoms with van der Waals surface area (Å²) >= 11 is 0. The molecule has 1 aromatic rings. The molecule has 0 spiro atoms. The topological polar surface area (TPSA) is 26.3 Å². The number of carbonyl (C=O) groups is 1. The molecule has 1 unspecified atom stereocenters. The first-order valence-electron chi connectivity index (χ1n) is 7.01. The summed E-state index contributed by atoms with van der Waals surface area (Å²) in [7, 11) is 0. The van der Waals surface area contributed by atoms with Gasteiger partial charge in [0.05, 0.1) is 12.7 Å². The second kappa shape index (κ2) is 5.23. The van der Waals surface area contributed by atoms with E-state index in [9.17, 15) is 4.79 Å². The van der Waals surface area contributed by atoms with E-state index < -0.39 is 0 Å². The summed E-state index contributed by atoms with van der Waals surface area (Å²) in [5.41, 5.74) is 1.22. The molecule has 0 aromatic heterocycles. The summed E-state index contributed by atoms with van der Waals surface area (Å²) in [6, 6.07) is 10.3. The highest BCUT2D eigenvalue weighted by Crippen LogP contribution is 2.39. The Labute approximate surface area is 108 Å². The Morgan fingerprint density at radius 1 is 1.17 bits per heavy atom. The molecule has 96 valence electrons. The van der Waals surface area contributed by atoms with Gasteiger partial charge in [0, 0.05) is 12.3 Å². The lowest BCUT2D eigenvalue weighted by molar-refractivity contribution is -0.121. The fraction of sp³-hybridized carbons (Fsp3) is 0.562. The van der Waals surface area contributed by atoms with Crippen LogP contribution in [0.3, 0.4) is 0 Å². The van der Waals surface area contributed by atoms with Gasteiger partial charge in [-0.1, -0.05) is 36.8 Å². The maximum absolute atomic E-state index is 11.8. The van der Waals surface area contributed by atoms with Crippen LogP contribution in [0.5, 0.6) is 0 Å². The minimum Gasteiger partial charge on any atom is -0.373 e. The first-order valence-corrected chi connectivity index (χ1v) is 7.01. The molecule has 18 heavy (non-hydrogen) atoms. The van der Waals surface area contributed by atoms with Crippen LogP contribution in [0.4, 0.5) is 0 Å². The number of benzene rings is 1. The van der Waals surface area contributed by atoms with E-state index in [1.54, 1.807) is 0 Å². The number of carbonyl (C=O) groups excluding carboxylic acids is 1. The Morgan fingerprint density at radius 3 is 2.83 bits per heavy atom. The average molecular weight is 244 g/mol. The lowest BCUT2D eigenvalue weighted by atomic mass is 9.97. The van der Waals surface area contributed by atoms with Crippen molar-refractivity contribution in [1.82, 2.24) is 0 Å². The maximum Gasteiger partial charge on any atom is 0.136 e. The van der Waals surface area contributed by atoms with Crippen LogP contribution in [0.1, 0.15) is 37.7 Å². The van der Waals surface area contributed by atoms with Gasteiger partial charge in [-0.05, 0) is 30.7 Å². The van der Waals surface area contributed by atoms with Crippen LogP contribution in [0.25, 0.3) is 0 Å². The predicted octanol–water partition coefficient (Wildman–Crippen LogP) is 3.35. The SMILES string of the molecule is O=C1CC2C[C@H]1CCC[C@@H]2OCc1ccccc1. The highest BCUT2D eigenvalue weighted by molar-refractivity contribution is 5.83. The summed E-state index contributed by atoms with van der Waals surface area (Å²) in [5, 5.41) is 0. The predicted molar refractivity (Wildman–Crippen MR) is 70.1 cm³/mol. The van der Waals surface area contributed by atoms with Crippen LogP contribution >= 0.6 is 0 Å². The number of ether oxygens (including phenoxy) is 1. The van der Waals surface area contributed by atoms with Crippen LogP contribution < -0.4 is 0 Å². The van der Waals surface area contributed by atoms with Gasteiger partial charge in [0.2, 0.25) is 0 Å². The molecular formula is C16H20O2. The zero-order valence-corrected chi connectivity index (χ0v) is 10.7. The Hall–Kier alpha value is -1.15. The van der Waals surface area contributed by atoms with Gasteiger partial charge in [0.15, 0.2) is 0 Å². The molecule has 2 nitrogen and oxygen atoms in total. The monoisotopic (exact) mass is 244 g/mol. The summed E-state index contributed by atoms with van der Waals surface area (Å²) < 4.78 is 6.08. The van der Waals surface area contributed by atoms with Gasteiger partial charge in [0.25, 0.3) is 0 Å². The quantitative estimate of drug-likeness (QED) is 0.815. The lowest BCUT2D eigenvalue weighted by Crippen LogP contribution is -2.22. The van der Waals surface area contributed by atoms with E-state index in [1.165, 1.54) is 5.56 Å². The van der Waals surface area contributed by atoms with Gasteiger partial charge in [-0.3, -0.25) is 4.79 Å². The van der Waals surface area contributed by atoms with E-state index in [1.807, 2.05) is 18.2 Å². The Bertz CT molecular complexity index is 412. The summed E-state index contributed by atoms with van der Waals surface area (Å²) in [6.07, 6.45) is 5.47. The van der Waals surface area contributed by atoms with Crippen molar-refractivity contribution in [3.8, 4) is 0 Å². The van der Waals surface area contributed by atoms with Crippen molar-refractivity contribution in [3.05, 3.63) is 35.9 Å². The summed E-state index contributed by atoms with van der Waals surface area (Å²) in [5.74, 6) is 1.31. The first kappa shape index (κ1) is 11.9. The van der Waals surface area contributed by atoms with Gasteiger partial charge in [-0.2, -0.15) is 0 Å². The molecule has 2 fully saturated rings. The van der Waals surface area contributed by atoms with Crippen LogP contribution in [-0.4, -0.2) is 11.9 Å². The molecular weight excluding hydrogens is 224 g/mol. The van der Waals surface area contributed by atoms with Crippen molar-refractivity contribution in [2.75, 3.05) is 0 Å². The van der Waals surface area contributed by atoms with E-state index in [-0.39, 0.29) is 0 Å². The molecule has 2 aliphatic rings. The molecule has 2 heteroatoms. The third kappa shape index (κ3) is 2.49. The summed E-state index contributed by atoms with van der Waals surface area (Å²) in [6.45, 7) is 0.681. The second-order valence-electron chi connectivity index (χ2n) is 5.63. The minimum atomic E-state index is 0.293. The largest absolute Gasteiger partial charge is 0.373 e. The molecule has 0 radical (unpaired) electrons. The highest BCUT2D eigenvalue weighted by atomic mass is 16.5. The molecule has 2 bridgehead atoms. The van der Waals surface area contributed by atoms with Crippen molar-refractivity contribution >= 4 is 5.78 Å². The number of rotatable bonds is 3. The summed E-state index contributed by atoms with van der Waals surface area (Å²) in [4.78, 5) is 11.8. The molecule has 0 heterocycles. The maximum atomic E-state index is 11.8. The standard InChI is InChI=1S/C16H20O2/c17-15-10-14-9-13(15)7-4-8-16(14)18-11-12-5-2-1-3-6-12/h1-3,5-6,13-14,16H,4,7-11H2/t13-,14?,16+/m1/s1. The normalized spacial score (nSPS) is 31.3. The Kier molecular flexibility index (Phi) is 3.46. The van der Waals surface area contributed by atoms with Crippen molar-refractivity contribution in [2.45, 2.75) is 44.8 Å². The van der Waals surface area contributed by atoms with Gasteiger partial charge >= 0.3 is 0 Å². The third-order valence-corrected chi connectivity index (χ3v) is 4.38. The molecule has 1 aromatic carbocycles. The average Bonchev–Trinajstić information content (AvgIpc) is 2.64. The number of ketones is 1. The number of fused-ring (bicyclic) bond motifs is 2. The van der Waals surface area contributed by atoms with Crippen molar-refractivity contribution < 1.29 is 9.53 Å². The molecule has 0 aliphatic heterocycles. The Balaban J connectivity index is 1.60. The van der Waals surface area contributed by atoms with Crippen molar-refractivity contribution in [3.63, 3.8) is 0 Å². The van der Waals surface area contributed by atoms with Gasteiger partial charge in [0.1, 0.15) is 5.78 Å². The van der Waals surface area contributed by atoms with Crippen LogP contribution in [-0.2, 0) is 16.1 Å². The smallest absolute Gasteiger partial charge is 0.136 e. The van der Waals surface area contributed by atoms with Crippen LogP contribution in [0.2, 0.25) is 0 Å². The zero-order valence-electron chi connectivity index (χ0n) is 10.7. The molecule has 3 rings (SSSR count). The molecule has 0 N–H and O–H groups in total. The third-order valence-electron chi connectivity index (χ3n) is 4.38. The van der Waals surface area contributed by atoms with E-state index in [0.29, 0.717) is 30.3 Å². The molecule has 0 amide bonds. The van der Waals surface area contributed by atoms with E-state index >= 15 is 0 Å². The van der Waals surface area contributed by atoms with Gasteiger partial charge in [-0.25, -0.2) is 0 Å². The number of Topliss-reactive ketones (excluding diaryl/α,β-unsaturated/α-hetero) is 1. The first-order chi connectivity index (χ1) is 8.83. The minimum absolute atomic E-state index is 0.293. The molecule has 0 saturated heterocycles. The van der Waals surface area contributed by atoms with Crippen LogP contribution in [0.15, 0.2) is 30.3 Å². The number of hydrogen-bond acceptors (Lipinski definition) is 2. The lowest BCUT2D eigenvalue weighted by Gasteiger charge is -2.22. The number of hydrogen-bond donors (Lipinski definition) is 0. The Morgan fingerprint density at radius 2 is 2.00 bits per heavy atom.